The summed E-state index contributed by atoms with van der Waals surface area (Å²) in [6.45, 7) is 2.27. The normalized spacial score (nSPS) is 11.3. The van der Waals surface area contributed by atoms with E-state index in [-0.39, 0.29) is 18.5 Å². The predicted molar refractivity (Wildman–Crippen MR) is 118 cm³/mol. The molecule has 3 aromatic rings. The Labute approximate surface area is 186 Å². The topological polar surface area (TPSA) is 99.6 Å². The number of carbonyl (C=O) groups is 2. The Kier molecular flexibility index (Phi) is 7.75. The van der Waals surface area contributed by atoms with Crippen molar-refractivity contribution in [1.29, 1.82) is 0 Å². The largest absolute Gasteiger partial charge is 0.493 e. The number of hydrogen-bond donors (Lipinski definition) is 1. The van der Waals surface area contributed by atoms with Gasteiger partial charge in [0.25, 0.3) is 5.91 Å². The van der Waals surface area contributed by atoms with Gasteiger partial charge in [-0.2, -0.15) is 0 Å². The molecule has 8 nitrogen and oxygen atoms in total. The summed E-state index contributed by atoms with van der Waals surface area (Å²) in [5.74, 6) is 0.526. The molecule has 0 bridgehead atoms. The van der Waals surface area contributed by atoms with Crippen molar-refractivity contribution in [3.05, 3.63) is 83.4 Å². The second-order valence-electron chi connectivity index (χ2n) is 6.88. The maximum Gasteiger partial charge on any atom is 0.337 e. The molecular weight excluding hydrogens is 410 g/mol. The fourth-order valence-electron chi connectivity index (χ4n) is 3.02. The van der Waals surface area contributed by atoms with Gasteiger partial charge in [0.15, 0.2) is 11.5 Å². The smallest absolute Gasteiger partial charge is 0.337 e. The van der Waals surface area contributed by atoms with Crippen LogP contribution in [-0.2, 0) is 11.3 Å². The van der Waals surface area contributed by atoms with Crippen LogP contribution in [0.3, 0.4) is 0 Å². The number of esters is 1. The van der Waals surface area contributed by atoms with E-state index in [1.54, 1.807) is 43.8 Å². The summed E-state index contributed by atoms with van der Waals surface area (Å²) < 4.78 is 16.1. The highest BCUT2D eigenvalue weighted by atomic mass is 16.5. The lowest BCUT2D eigenvalue weighted by Gasteiger charge is -2.19. The molecule has 2 aromatic carbocycles. The Balaban J connectivity index is 1.61. The van der Waals surface area contributed by atoms with Crippen LogP contribution in [0.5, 0.6) is 11.5 Å². The molecule has 1 amide bonds. The number of ether oxygens (including phenoxy) is 3. The molecule has 1 unspecified atom stereocenters. The van der Waals surface area contributed by atoms with E-state index in [2.05, 4.69) is 20.0 Å². The average Bonchev–Trinajstić information content (AvgIpc) is 2.86. The van der Waals surface area contributed by atoms with Crippen LogP contribution in [0, 0.1) is 0 Å². The molecule has 3 rings (SSSR count). The molecule has 1 N–H and O–H groups in total. The van der Waals surface area contributed by atoms with E-state index in [1.165, 1.54) is 7.11 Å². The van der Waals surface area contributed by atoms with E-state index in [4.69, 9.17) is 9.47 Å². The number of methoxy groups -OCH3 is 2. The van der Waals surface area contributed by atoms with Crippen molar-refractivity contribution in [2.75, 3.05) is 14.2 Å². The summed E-state index contributed by atoms with van der Waals surface area (Å²) in [5, 5.41) is 2.77. The van der Waals surface area contributed by atoms with Crippen LogP contribution >= 0.6 is 0 Å². The number of rotatable bonds is 9. The Bertz CT molecular complexity index is 1050. The molecule has 0 saturated heterocycles. The fourth-order valence-corrected chi connectivity index (χ4v) is 3.02. The van der Waals surface area contributed by atoms with Crippen LogP contribution in [0.25, 0.3) is 0 Å². The van der Waals surface area contributed by atoms with Gasteiger partial charge in [-0.05, 0) is 36.2 Å². The van der Waals surface area contributed by atoms with Gasteiger partial charge in [0, 0.05) is 24.5 Å². The van der Waals surface area contributed by atoms with Gasteiger partial charge in [0.2, 0.25) is 5.82 Å². The fraction of sp³-hybridized carbons (Fsp3) is 0.250. The Morgan fingerprint density at radius 1 is 0.969 bits per heavy atom. The number of aromatic nitrogens is 2. The minimum atomic E-state index is -0.408. The lowest BCUT2D eigenvalue weighted by Crippen LogP contribution is -2.25. The molecule has 0 aliphatic rings. The number of amides is 1. The molecule has 1 atom stereocenters. The maximum atomic E-state index is 12.4. The van der Waals surface area contributed by atoms with E-state index in [1.807, 2.05) is 31.2 Å². The van der Waals surface area contributed by atoms with Crippen LogP contribution in [0.15, 0.2) is 60.9 Å². The molecule has 0 aliphatic carbocycles. The van der Waals surface area contributed by atoms with Gasteiger partial charge in [-0.15, -0.1) is 0 Å². The molecule has 0 saturated carbocycles. The minimum absolute atomic E-state index is 0.0621. The van der Waals surface area contributed by atoms with Gasteiger partial charge in [0.1, 0.15) is 6.10 Å². The summed E-state index contributed by atoms with van der Waals surface area (Å²) in [6.07, 6.45) is 3.60. The third-order valence-corrected chi connectivity index (χ3v) is 4.78. The molecule has 166 valence electrons. The van der Waals surface area contributed by atoms with Gasteiger partial charge in [-0.3, -0.25) is 4.79 Å². The molecule has 0 fully saturated rings. The monoisotopic (exact) mass is 435 g/mol. The van der Waals surface area contributed by atoms with Crippen LogP contribution in [0.2, 0.25) is 0 Å². The summed E-state index contributed by atoms with van der Waals surface area (Å²) in [6, 6.07) is 14.2. The Morgan fingerprint density at radius 3 is 2.22 bits per heavy atom. The number of nitrogens with zero attached hydrogens (tertiary/aromatic N) is 2. The lowest BCUT2D eigenvalue weighted by molar-refractivity contribution is 0.0600. The van der Waals surface area contributed by atoms with E-state index >= 15 is 0 Å². The number of benzene rings is 2. The van der Waals surface area contributed by atoms with Gasteiger partial charge in [0.05, 0.1) is 19.8 Å². The van der Waals surface area contributed by atoms with Gasteiger partial charge < -0.3 is 19.5 Å². The first-order valence-electron chi connectivity index (χ1n) is 10.1. The predicted octanol–water partition coefficient (Wildman–Crippen LogP) is 3.73. The van der Waals surface area contributed by atoms with Crippen LogP contribution < -0.4 is 14.8 Å². The molecular formula is C24H25N3O5. The first-order valence-corrected chi connectivity index (χ1v) is 10.1. The number of hydrogen-bond acceptors (Lipinski definition) is 7. The first-order chi connectivity index (χ1) is 15.5. The lowest BCUT2D eigenvalue weighted by atomic mass is 10.1. The zero-order valence-electron chi connectivity index (χ0n) is 18.2. The number of para-hydroxylation sites is 2. The summed E-state index contributed by atoms with van der Waals surface area (Å²) >= 11 is 0. The highest BCUT2D eigenvalue weighted by molar-refractivity contribution is 5.90. The van der Waals surface area contributed by atoms with Crippen molar-refractivity contribution in [2.45, 2.75) is 26.0 Å². The molecule has 32 heavy (non-hydrogen) atoms. The van der Waals surface area contributed by atoms with Crippen LogP contribution in [-0.4, -0.2) is 36.1 Å². The number of nitrogens with one attached hydrogen (secondary N) is 1. The van der Waals surface area contributed by atoms with Crippen molar-refractivity contribution in [1.82, 2.24) is 15.3 Å². The average molecular weight is 435 g/mol. The van der Waals surface area contributed by atoms with Crippen molar-refractivity contribution >= 4 is 11.9 Å². The van der Waals surface area contributed by atoms with E-state index in [0.29, 0.717) is 23.5 Å². The molecule has 0 radical (unpaired) electrons. The Morgan fingerprint density at radius 2 is 1.62 bits per heavy atom. The summed E-state index contributed by atoms with van der Waals surface area (Å²) in [7, 11) is 2.92. The minimum Gasteiger partial charge on any atom is -0.493 e. The Hall–Kier alpha value is -3.94. The zero-order chi connectivity index (χ0) is 22.9. The second-order valence-corrected chi connectivity index (χ2v) is 6.88. The third-order valence-electron chi connectivity index (χ3n) is 4.78. The molecule has 8 heteroatoms. The highest BCUT2D eigenvalue weighted by Gasteiger charge is 2.16. The third kappa shape index (κ3) is 5.60. The van der Waals surface area contributed by atoms with E-state index < -0.39 is 11.9 Å². The van der Waals surface area contributed by atoms with Gasteiger partial charge >= 0.3 is 5.97 Å². The van der Waals surface area contributed by atoms with E-state index in [0.717, 1.165) is 11.1 Å². The van der Waals surface area contributed by atoms with Crippen molar-refractivity contribution in [3.63, 3.8) is 0 Å². The van der Waals surface area contributed by atoms with Crippen LogP contribution in [0.4, 0.5) is 0 Å². The number of carbonyl (C=O) groups excluding carboxylic acids is 2. The van der Waals surface area contributed by atoms with Crippen LogP contribution in [0.1, 0.15) is 51.6 Å². The highest BCUT2D eigenvalue weighted by Crippen LogP contribution is 2.31. The first kappa shape index (κ1) is 22.7. The zero-order valence-corrected chi connectivity index (χ0v) is 18.2. The molecule has 0 spiro atoms. The molecule has 1 heterocycles. The summed E-state index contributed by atoms with van der Waals surface area (Å²) in [4.78, 5) is 32.3. The van der Waals surface area contributed by atoms with Crippen molar-refractivity contribution in [2.24, 2.45) is 0 Å². The SMILES string of the molecule is CCC(Oc1ccccc1OC)c1cnc(C(=O)NCc2ccc(C(=O)OC)cc2)nc1. The quantitative estimate of drug-likeness (QED) is 0.511. The second kappa shape index (κ2) is 10.9. The standard InChI is InChI=1S/C24H25N3O5/c1-4-19(32-21-8-6-5-7-20(21)30-2)18-14-25-22(26-15-18)23(28)27-13-16-9-11-17(12-10-16)24(29)31-3/h5-12,14-15,19H,4,13H2,1-3H3,(H,27,28). The summed E-state index contributed by atoms with van der Waals surface area (Å²) in [5.41, 5.74) is 2.04. The van der Waals surface area contributed by atoms with Crippen molar-refractivity contribution in [3.8, 4) is 11.5 Å². The maximum absolute atomic E-state index is 12.4. The molecule has 0 aliphatic heterocycles. The van der Waals surface area contributed by atoms with E-state index in [9.17, 15) is 9.59 Å². The van der Waals surface area contributed by atoms with Crippen molar-refractivity contribution < 1.29 is 23.8 Å². The van der Waals surface area contributed by atoms with Gasteiger partial charge in [-0.25, -0.2) is 14.8 Å². The molecule has 1 aromatic heterocycles. The van der Waals surface area contributed by atoms with Gasteiger partial charge in [-0.1, -0.05) is 31.2 Å².